The number of halogens is 1. The van der Waals surface area contributed by atoms with Crippen LogP contribution in [0.5, 0.6) is 5.75 Å². The van der Waals surface area contributed by atoms with E-state index in [9.17, 15) is 9.90 Å². The van der Waals surface area contributed by atoms with Gasteiger partial charge in [0.1, 0.15) is 5.75 Å². The van der Waals surface area contributed by atoms with Crippen molar-refractivity contribution in [2.45, 2.75) is 31.4 Å². The molecule has 0 saturated heterocycles. The number of hydrogen-bond donors (Lipinski definition) is 2. The van der Waals surface area contributed by atoms with Crippen LogP contribution in [0.1, 0.15) is 29.6 Å². The van der Waals surface area contributed by atoms with Crippen LogP contribution in [0.2, 0.25) is 0 Å². The Morgan fingerprint density at radius 2 is 2.28 bits per heavy atom. The van der Waals surface area contributed by atoms with Crippen LogP contribution in [0.3, 0.4) is 0 Å². The van der Waals surface area contributed by atoms with Crippen molar-refractivity contribution in [3.8, 4) is 5.75 Å². The van der Waals surface area contributed by atoms with Crippen LogP contribution < -0.4 is 5.32 Å². The molecular formula is C13H16BrNO3. The van der Waals surface area contributed by atoms with E-state index in [1.165, 1.54) is 6.07 Å². The topological polar surface area (TPSA) is 58.6 Å². The quantitative estimate of drug-likeness (QED) is 0.901. The Kier molecular flexibility index (Phi) is 4.24. The normalized spacial score (nSPS) is 23.0. The largest absolute Gasteiger partial charge is 0.507 e. The molecule has 5 heteroatoms. The van der Waals surface area contributed by atoms with E-state index in [1.807, 2.05) is 0 Å². The molecule has 0 spiro atoms. The Bertz CT molecular complexity index is 450. The number of carbonyl (C=O) groups excluding carboxylic acids is 1. The highest BCUT2D eigenvalue weighted by Gasteiger charge is 2.28. The van der Waals surface area contributed by atoms with Gasteiger partial charge in [0.2, 0.25) is 0 Å². The summed E-state index contributed by atoms with van der Waals surface area (Å²) in [5.41, 5.74) is 0.456. The summed E-state index contributed by atoms with van der Waals surface area (Å²) in [6.07, 6.45) is 3.08. The van der Waals surface area contributed by atoms with Gasteiger partial charge in [0.25, 0.3) is 5.91 Å². The Morgan fingerprint density at radius 3 is 2.94 bits per heavy atom. The molecule has 0 radical (unpaired) electrons. The average molecular weight is 314 g/mol. The van der Waals surface area contributed by atoms with Gasteiger partial charge in [0.15, 0.2) is 0 Å². The average Bonchev–Trinajstić information content (AvgIpc) is 2.79. The van der Waals surface area contributed by atoms with Gasteiger partial charge in [-0.25, -0.2) is 0 Å². The lowest BCUT2D eigenvalue weighted by molar-refractivity contribution is 0.0722. The first-order valence-electron chi connectivity index (χ1n) is 5.94. The maximum Gasteiger partial charge on any atom is 0.251 e. The molecule has 1 aromatic carbocycles. The Labute approximate surface area is 114 Å². The fourth-order valence-electron chi connectivity index (χ4n) is 2.28. The highest BCUT2D eigenvalue weighted by molar-refractivity contribution is 9.10. The van der Waals surface area contributed by atoms with Crippen LogP contribution in [0, 0.1) is 0 Å². The smallest absolute Gasteiger partial charge is 0.251 e. The number of aromatic hydroxyl groups is 1. The molecule has 98 valence electrons. The summed E-state index contributed by atoms with van der Waals surface area (Å²) in [6, 6.07) is 4.85. The molecule has 18 heavy (non-hydrogen) atoms. The van der Waals surface area contributed by atoms with Gasteiger partial charge in [-0.05, 0) is 53.4 Å². The number of hydrogen-bond acceptors (Lipinski definition) is 3. The van der Waals surface area contributed by atoms with Crippen LogP contribution in [0.25, 0.3) is 0 Å². The van der Waals surface area contributed by atoms with Crippen LogP contribution in [-0.2, 0) is 4.74 Å². The first-order valence-corrected chi connectivity index (χ1v) is 6.73. The molecule has 1 aliphatic carbocycles. The molecule has 0 aromatic heterocycles. The third-order valence-corrected chi connectivity index (χ3v) is 3.95. The van der Waals surface area contributed by atoms with Crippen LogP contribution in [-0.4, -0.2) is 30.3 Å². The minimum Gasteiger partial charge on any atom is -0.507 e. The molecule has 2 unspecified atom stereocenters. The standard InChI is InChI=1S/C13H16BrNO3/c1-18-12-4-2-3-10(12)15-13(17)8-5-6-9(14)11(16)7-8/h5-7,10,12,16H,2-4H2,1H3,(H,15,17). The van der Waals surface area contributed by atoms with Crippen molar-refractivity contribution in [3.05, 3.63) is 28.2 Å². The molecule has 0 aliphatic heterocycles. The molecule has 1 fully saturated rings. The first-order chi connectivity index (χ1) is 8.61. The van der Waals surface area contributed by atoms with Gasteiger partial charge in [0.05, 0.1) is 16.6 Å². The van der Waals surface area contributed by atoms with Crippen molar-refractivity contribution in [2.24, 2.45) is 0 Å². The lowest BCUT2D eigenvalue weighted by Gasteiger charge is -2.19. The summed E-state index contributed by atoms with van der Waals surface area (Å²) in [5, 5.41) is 12.5. The van der Waals surface area contributed by atoms with Gasteiger partial charge < -0.3 is 15.2 Å². The monoisotopic (exact) mass is 313 g/mol. The minimum atomic E-state index is -0.174. The molecule has 2 atom stereocenters. The zero-order chi connectivity index (χ0) is 13.1. The van der Waals surface area contributed by atoms with Gasteiger partial charge in [-0.3, -0.25) is 4.79 Å². The van der Waals surface area contributed by atoms with Gasteiger partial charge >= 0.3 is 0 Å². The van der Waals surface area contributed by atoms with Gasteiger partial charge in [-0.1, -0.05) is 0 Å². The third kappa shape index (κ3) is 2.84. The highest BCUT2D eigenvalue weighted by Crippen LogP contribution is 2.25. The Morgan fingerprint density at radius 1 is 1.50 bits per heavy atom. The van der Waals surface area contributed by atoms with Crippen molar-refractivity contribution in [2.75, 3.05) is 7.11 Å². The minimum absolute atomic E-state index is 0.0632. The molecule has 1 amide bonds. The SMILES string of the molecule is COC1CCCC1NC(=O)c1ccc(Br)c(O)c1. The zero-order valence-corrected chi connectivity index (χ0v) is 11.7. The second kappa shape index (κ2) is 5.71. The molecule has 1 aromatic rings. The van der Waals surface area contributed by atoms with Crippen LogP contribution >= 0.6 is 15.9 Å². The predicted octanol–water partition coefficient (Wildman–Crippen LogP) is 2.45. The molecule has 0 bridgehead atoms. The number of nitrogens with one attached hydrogen (secondary N) is 1. The lowest BCUT2D eigenvalue weighted by Crippen LogP contribution is -2.40. The van der Waals surface area contributed by atoms with E-state index < -0.39 is 0 Å². The second-order valence-electron chi connectivity index (χ2n) is 4.45. The first kappa shape index (κ1) is 13.4. The van der Waals surface area contributed by atoms with Crippen LogP contribution in [0.4, 0.5) is 0 Å². The molecule has 2 rings (SSSR count). The number of amides is 1. The molecule has 0 heterocycles. The Balaban J connectivity index is 2.05. The number of ether oxygens (including phenoxy) is 1. The third-order valence-electron chi connectivity index (χ3n) is 3.28. The summed E-state index contributed by atoms with van der Waals surface area (Å²) in [6.45, 7) is 0. The Hall–Kier alpha value is -1.07. The maximum absolute atomic E-state index is 12.0. The van der Waals surface area contributed by atoms with E-state index in [2.05, 4.69) is 21.2 Å². The summed E-state index contributed by atoms with van der Waals surface area (Å²) in [5.74, 6) is -0.107. The molecule has 1 saturated carbocycles. The number of rotatable bonds is 3. The maximum atomic E-state index is 12.0. The molecule has 4 nitrogen and oxygen atoms in total. The number of carbonyl (C=O) groups is 1. The van der Waals surface area contributed by atoms with Crippen molar-refractivity contribution in [1.29, 1.82) is 0 Å². The van der Waals surface area contributed by atoms with Crippen molar-refractivity contribution < 1.29 is 14.6 Å². The van der Waals surface area contributed by atoms with Crippen molar-refractivity contribution >= 4 is 21.8 Å². The number of benzene rings is 1. The van der Waals surface area contributed by atoms with E-state index >= 15 is 0 Å². The predicted molar refractivity (Wildman–Crippen MR) is 71.7 cm³/mol. The summed E-state index contributed by atoms with van der Waals surface area (Å²) in [7, 11) is 1.67. The fraction of sp³-hybridized carbons (Fsp3) is 0.462. The molecule has 1 aliphatic rings. The van der Waals surface area contributed by atoms with Gasteiger partial charge in [-0.2, -0.15) is 0 Å². The van der Waals surface area contributed by atoms with Gasteiger partial charge in [-0.15, -0.1) is 0 Å². The van der Waals surface area contributed by atoms with E-state index in [0.717, 1.165) is 19.3 Å². The number of phenols is 1. The highest BCUT2D eigenvalue weighted by atomic mass is 79.9. The number of methoxy groups -OCH3 is 1. The zero-order valence-electron chi connectivity index (χ0n) is 10.1. The van der Waals surface area contributed by atoms with E-state index in [1.54, 1.807) is 19.2 Å². The van der Waals surface area contributed by atoms with Crippen molar-refractivity contribution in [3.63, 3.8) is 0 Å². The van der Waals surface area contributed by atoms with Gasteiger partial charge in [0, 0.05) is 12.7 Å². The van der Waals surface area contributed by atoms with Crippen LogP contribution in [0.15, 0.2) is 22.7 Å². The number of phenolic OH excluding ortho intramolecular Hbond substituents is 1. The fourth-order valence-corrected chi connectivity index (χ4v) is 2.53. The van der Waals surface area contributed by atoms with E-state index in [0.29, 0.717) is 10.0 Å². The summed E-state index contributed by atoms with van der Waals surface area (Å²) >= 11 is 3.19. The summed E-state index contributed by atoms with van der Waals surface area (Å²) in [4.78, 5) is 12.0. The second-order valence-corrected chi connectivity index (χ2v) is 5.31. The molecular weight excluding hydrogens is 298 g/mol. The lowest BCUT2D eigenvalue weighted by atomic mass is 10.1. The summed E-state index contributed by atoms with van der Waals surface area (Å²) < 4.78 is 5.91. The van der Waals surface area contributed by atoms with Crippen molar-refractivity contribution in [1.82, 2.24) is 5.32 Å². The van der Waals surface area contributed by atoms with E-state index in [4.69, 9.17) is 4.74 Å². The van der Waals surface area contributed by atoms with E-state index in [-0.39, 0.29) is 23.8 Å². The molecule has 2 N–H and O–H groups in total.